The molecule has 0 aliphatic rings. The topological polar surface area (TPSA) is 69.0 Å². The van der Waals surface area contributed by atoms with Crippen molar-refractivity contribution in [3.05, 3.63) is 42.0 Å². The molecule has 1 unspecified atom stereocenters. The molecule has 6 heteroatoms. The van der Waals surface area contributed by atoms with Gasteiger partial charge in [-0.05, 0) is 45.4 Å². The zero-order valence-corrected chi connectivity index (χ0v) is 13.6. The highest BCUT2D eigenvalue weighted by molar-refractivity contribution is 5.85. The van der Waals surface area contributed by atoms with Crippen LogP contribution < -0.4 is 10.1 Å². The molecule has 1 aromatic carbocycles. The number of benzene rings is 1. The highest BCUT2D eigenvalue weighted by Gasteiger charge is 2.31. The van der Waals surface area contributed by atoms with Crippen molar-refractivity contribution in [2.45, 2.75) is 39.3 Å². The number of hydrogen-bond donors (Lipinski definition) is 1. The average Bonchev–Trinajstić information content (AvgIpc) is 2.84. The minimum Gasteiger partial charge on any atom is -0.478 e. The van der Waals surface area contributed by atoms with Crippen LogP contribution >= 0.6 is 0 Å². The molecule has 6 nitrogen and oxygen atoms in total. The first-order valence-electron chi connectivity index (χ1n) is 7.20. The molecule has 118 valence electrons. The van der Waals surface area contributed by atoms with Gasteiger partial charge >= 0.3 is 0 Å². The average molecular weight is 302 g/mol. The minimum atomic E-state index is -0.985. The third-order valence-corrected chi connectivity index (χ3v) is 3.39. The van der Waals surface area contributed by atoms with Gasteiger partial charge in [0, 0.05) is 7.05 Å². The Morgan fingerprint density at radius 3 is 2.73 bits per heavy atom. The van der Waals surface area contributed by atoms with Crippen LogP contribution in [0.15, 0.2) is 30.6 Å². The molecule has 0 aliphatic carbocycles. The predicted molar refractivity (Wildman–Crippen MR) is 83.4 cm³/mol. The Morgan fingerprint density at radius 1 is 1.41 bits per heavy atom. The van der Waals surface area contributed by atoms with Crippen molar-refractivity contribution < 1.29 is 9.53 Å². The van der Waals surface area contributed by atoms with Crippen molar-refractivity contribution in [1.29, 1.82) is 0 Å². The molecular weight excluding hydrogens is 280 g/mol. The molecule has 0 bridgehead atoms. The number of nitrogens with one attached hydrogen (secondary N) is 1. The Hall–Kier alpha value is -2.37. The summed E-state index contributed by atoms with van der Waals surface area (Å²) in [5, 5.41) is 6.92. The number of amides is 1. The number of nitrogens with zero attached hydrogens (tertiary/aromatic N) is 3. The molecular formula is C16H22N4O2. The number of carbonyl (C=O) groups is 1. The molecule has 0 aliphatic heterocycles. The van der Waals surface area contributed by atoms with Crippen LogP contribution in [-0.2, 0) is 11.8 Å². The van der Waals surface area contributed by atoms with E-state index in [2.05, 4.69) is 15.4 Å². The second-order valence-corrected chi connectivity index (χ2v) is 5.87. The van der Waals surface area contributed by atoms with Gasteiger partial charge in [0.15, 0.2) is 5.60 Å². The van der Waals surface area contributed by atoms with E-state index in [1.165, 1.54) is 6.33 Å². The Morgan fingerprint density at radius 2 is 2.14 bits per heavy atom. The number of ether oxygens (including phenoxy) is 1. The molecule has 1 N–H and O–H groups in total. The van der Waals surface area contributed by atoms with Gasteiger partial charge in [0.2, 0.25) is 0 Å². The molecule has 0 spiro atoms. The fraction of sp³-hybridized carbons (Fsp3) is 0.438. The Kier molecular flexibility index (Phi) is 4.49. The van der Waals surface area contributed by atoms with E-state index in [9.17, 15) is 4.79 Å². The van der Waals surface area contributed by atoms with Crippen LogP contribution in [0.3, 0.4) is 0 Å². The van der Waals surface area contributed by atoms with Crippen molar-refractivity contribution in [3.63, 3.8) is 0 Å². The van der Waals surface area contributed by atoms with Gasteiger partial charge in [-0.3, -0.25) is 9.48 Å². The summed E-state index contributed by atoms with van der Waals surface area (Å²) < 4.78 is 7.48. The van der Waals surface area contributed by atoms with Crippen LogP contribution in [-0.4, -0.2) is 26.3 Å². The van der Waals surface area contributed by atoms with E-state index in [4.69, 9.17) is 4.74 Å². The second-order valence-electron chi connectivity index (χ2n) is 5.87. The summed E-state index contributed by atoms with van der Waals surface area (Å²) in [5.74, 6) is 1.16. The summed E-state index contributed by atoms with van der Waals surface area (Å²) in [5.41, 5.74) is 0.0989. The Labute approximate surface area is 130 Å². The SMILES string of the molecule is Cc1cccc(OC(C)(C)C(=O)NC(C)c2ncnn2C)c1. The number of carbonyl (C=O) groups excluding carboxylic acids is 1. The summed E-state index contributed by atoms with van der Waals surface area (Å²) in [6.07, 6.45) is 1.46. The Balaban J connectivity index is 2.05. The normalized spacial score (nSPS) is 12.8. The van der Waals surface area contributed by atoms with Gasteiger partial charge in [-0.25, -0.2) is 4.98 Å². The lowest BCUT2D eigenvalue weighted by Gasteiger charge is -2.27. The van der Waals surface area contributed by atoms with Gasteiger partial charge < -0.3 is 10.1 Å². The highest BCUT2D eigenvalue weighted by atomic mass is 16.5. The largest absolute Gasteiger partial charge is 0.478 e. The molecule has 1 aromatic heterocycles. The van der Waals surface area contributed by atoms with Crippen LogP contribution in [0.25, 0.3) is 0 Å². The van der Waals surface area contributed by atoms with Crippen molar-refractivity contribution >= 4 is 5.91 Å². The number of aryl methyl sites for hydroxylation is 2. The molecule has 1 heterocycles. The van der Waals surface area contributed by atoms with Crippen LogP contribution in [0.1, 0.15) is 38.2 Å². The van der Waals surface area contributed by atoms with Crippen molar-refractivity contribution in [2.24, 2.45) is 7.05 Å². The molecule has 2 aromatic rings. The summed E-state index contributed by atoms with van der Waals surface area (Å²) in [6, 6.07) is 7.38. The van der Waals surface area contributed by atoms with E-state index in [0.717, 1.165) is 5.56 Å². The summed E-state index contributed by atoms with van der Waals surface area (Å²) in [6.45, 7) is 7.34. The molecule has 0 radical (unpaired) electrons. The molecule has 0 fully saturated rings. The van der Waals surface area contributed by atoms with Gasteiger partial charge in [0.05, 0.1) is 6.04 Å². The number of rotatable bonds is 5. The van der Waals surface area contributed by atoms with Crippen molar-refractivity contribution in [1.82, 2.24) is 20.1 Å². The van der Waals surface area contributed by atoms with Crippen molar-refractivity contribution in [2.75, 3.05) is 0 Å². The van der Waals surface area contributed by atoms with Crippen LogP contribution in [0.5, 0.6) is 5.75 Å². The highest BCUT2D eigenvalue weighted by Crippen LogP contribution is 2.20. The lowest BCUT2D eigenvalue weighted by molar-refractivity contribution is -0.135. The minimum absolute atomic E-state index is 0.204. The van der Waals surface area contributed by atoms with E-state index in [0.29, 0.717) is 11.6 Å². The van der Waals surface area contributed by atoms with E-state index < -0.39 is 5.60 Å². The number of hydrogen-bond acceptors (Lipinski definition) is 4. The monoisotopic (exact) mass is 302 g/mol. The fourth-order valence-electron chi connectivity index (χ4n) is 2.15. The first-order chi connectivity index (χ1) is 10.3. The smallest absolute Gasteiger partial charge is 0.264 e. The van der Waals surface area contributed by atoms with Gasteiger partial charge in [0.1, 0.15) is 17.9 Å². The van der Waals surface area contributed by atoms with Crippen molar-refractivity contribution in [3.8, 4) is 5.75 Å². The maximum absolute atomic E-state index is 12.5. The van der Waals surface area contributed by atoms with Gasteiger partial charge in [-0.15, -0.1) is 0 Å². The lowest BCUT2D eigenvalue weighted by atomic mass is 10.1. The predicted octanol–water partition coefficient (Wildman–Crippen LogP) is 2.16. The van der Waals surface area contributed by atoms with Gasteiger partial charge in [0.25, 0.3) is 5.91 Å². The zero-order chi connectivity index (χ0) is 16.3. The summed E-state index contributed by atoms with van der Waals surface area (Å²) in [7, 11) is 1.79. The van der Waals surface area contributed by atoms with E-state index >= 15 is 0 Å². The van der Waals surface area contributed by atoms with Crippen LogP contribution in [0, 0.1) is 6.92 Å². The van der Waals surface area contributed by atoms with E-state index in [1.54, 1.807) is 25.6 Å². The summed E-state index contributed by atoms with van der Waals surface area (Å²) >= 11 is 0. The lowest BCUT2D eigenvalue weighted by Crippen LogP contribution is -2.47. The molecule has 2 rings (SSSR count). The molecule has 1 atom stereocenters. The summed E-state index contributed by atoms with van der Waals surface area (Å²) in [4.78, 5) is 16.6. The molecule has 22 heavy (non-hydrogen) atoms. The molecule has 0 saturated carbocycles. The first kappa shape index (κ1) is 16.0. The van der Waals surface area contributed by atoms with E-state index in [1.807, 2.05) is 38.1 Å². The third kappa shape index (κ3) is 3.63. The second kappa shape index (κ2) is 6.17. The Bertz CT molecular complexity index is 664. The van der Waals surface area contributed by atoms with Gasteiger partial charge in [-0.2, -0.15) is 5.10 Å². The van der Waals surface area contributed by atoms with E-state index in [-0.39, 0.29) is 11.9 Å². The fourth-order valence-corrected chi connectivity index (χ4v) is 2.15. The quantitative estimate of drug-likeness (QED) is 0.919. The third-order valence-electron chi connectivity index (χ3n) is 3.39. The first-order valence-corrected chi connectivity index (χ1v) is 7.20. The van der Waals surface area contributed by atoms with Crippen LogP contribution in [0.4, 0.5) is 0 Å². The molecule has 0 saturated heterocycles. The van der Waals surface area contributed by atoms with Crippen LogP contribution in [0.2, 0.25) is 0 Å². The van der Waals surface area contributed by atoms with Gasteiger partial charge in [-0.1, -0.05) is 12.1 Å². The standard InChI is InChI=1S/C16H22N4O2/c1-11-7-6-8-13(9-11)22-16(3,4)15(21)19-12(2)14-17-10-18-20(14)5/h6-10,12H,1-5H3,(H,19,21). The maximum atomic E-state index is 12.5. The number of aromatic nitrogens is 3. The zero-order valence-electron chi connectivity index (χ0n) is 13.6. The maximum Gasteiger partial charge on any atom is 0.264 e. The molecule has 1 amide bonds.